The van der Waals surface area contributed by atoms with Gasteiger partial charge in [-0.3, -0.25) is 0 Å². The van der Waals surface area contributed by atoms with E-state index < -0.39 is 5.97 Å². The van der Waals surface area contributed by atoms with E-state index in [9.17, 15) is 4.79 Å². The van der Waals surface area contributed by atoms with Gasteiger partial charge in [-0.05, 0) is 36.8 Å². The van der Waals surface area contributed by atoms with E-state index in [1.54, 1.807) is 18.2 Å². The lowest BCUT2D eigenvalue weighted by Crippen LogP contribution is -2.26. The third-order valence-electron chi connectivity index (χ3n) is 3.29. The summed E-state index contributed by atoms with van der Waals surface area (Å²) in [5, 5.41) is 13.1. The van der Waals surface area contributed by atoms with Gasteiger partial charge in [0.15, 0.2) is 0 Å². The number of anilines is 1. The SMILES string of the molecule is CCSC1CCCC1Nc1cccc(C(=O)O)c1. The standard InChI is InChI=1S/C14H19NO2S/c1-2-18-13-8-4-7-12(13)15-11-6-3-5-10(9-11)14(16)17/h3,5-6,9,12-13,15H,2,4,7-8H2,1H3,(H,16,17). The Kier molecular flexibility index (Phi) is 4.53. The van der Waals surface area contributed by atoms with E-state index >= 15 is 0 Å². The number of carboxylic acids is 1. The summed E-state index contributed by atoms with van der Waals surface area (Å²) in [6, 6.07) is 7.55. The number of nitrogens with one attached hydrogen (secondary N) is 1. The largest absolute Gasteiger partial charge is 0.478 e. The van der Waals surface area contributed by atoms with Gasteiger partial charge in [0, 0.05) is 17.0 Å². The van der Waals surface area contributed by atoms with Gasteiger partial charge in [0.2, 0.25) is 0 Å². The van der Waals surface area contributed by atoms with Gasteiger partial charge in [0.25, 0.3) is 0 Å². The van der Waals surface area contributed by atoms with Gasteiger partial charge in [0.05, 0.1) is 5.56 Å². The molecule has 0 bridgehead atoms. The van der Waals surface area contributed by atoms with Crippen LogP contribution in [0.3, 0.4) is 0 Å². The maximum Gasteiger partial charge on any atom is 0.335 e. The quantitative estimate of drug-likeness (QED) is 0.856. The smallest absolute Gasteiger partial charge is 0.335 e. The molecule has 0 heterocycles. The zero-order valence-corrected chi connectivity index (χ0v) is 11.4. The molecule has 2 rings (SSSR count). The molecule has 4 heteroatoms. The molecule has 0 aliphatic heterocycles. The summed E-state index contributed by atoms with van der Waals surface area (Å²) in [5.74, 6) is 0.266. The van der Waals surface area contributed by atoms with Gasteiger partial charge in [-0.1, -0.05) is 19.4 Å². The molecule has 1 aromatic carbocycles. The Morgan fingerprint density at radius 3 is 3.06 bits per heavy atom. The minimum atomic E-state index is -0.871. The van der Waals surface area contributed by atoms with Crippen LogP contribution in [-0.4, -0.2) is 28.1 Å². The highest BCUT2D eigenvalue weighted by Gasteiger charge is 2.26. The van der Waals surface area contributed by atoms with Gasteiger partial charge < -0.3 is 10.4 Å². The average molecular weight is 265 g/mol. The molecule has 2 unspecified atom stereocenters. The lowest BCUT2D eigenvalue weighted by Gasteiger charge is -2.21. The molecule has 0 amide bonds. The Balaban J connectivity index is 2.04. The molecule has 2 atom stereocenters. The van der Waals surface area contributed by atoms with E-state index in [1.807, 2.05) is 17.8 Å². The maximum absolute atomic E-state index is 10.9. The summed E-state index contributed by atoms with van der Waals surface area (Å²) in [4.78, 5) is 10.9. The van der Waals surface area contributed by atoms with Crippen LogP contribution < -0.4 is 5.32 Å². The Hall–Kier alpha value is -1.16. The molecule has 0 spiro atoms. The van der Waals surface area contributed by atoms with E-state index in [-0.39, 0.29) is 0 Å². The first-order chi connectivity index (χ1) is 8.70. The molecule has 1 aliphatic carbocycles. The fourth-order valence-corrected chi connectivity index (χ4v) is 3.66. The molecule has 3 nitrogen and oxygen atoms in total. The number of benzene rings is 1. The molecular formula is C14H19NO2S. The number of hydrogen-bond acceptors (Lipinski definition) is 3. The molecule has 0 aromatic heterocycles. The summed E-state index contributed by atoms with van der Waals surface area (Å²) < 4.78 is 0. The molecule has 1 fully saturated rings. The predicted molar refractivity (Wildman–Crippen MR) is 76.6 cm³/mol. The number of hydrogen-bond donors (Lipinski definition) is 2. The van der Waals surface area contributed by atoms with Crippen molar-refractivity contribution in [2.24, 2.45) is 0 Å². The van der Waals surface area contributed by atoms with Crippen molar-refractivity contribution in [1.29, 1.82) is 0 Å². The number of aromatic carboxylic acids is 1. The van der Waals surface area contributed by atoms with Crippen molar-refractivity contribution in [1.82, 2.24) is 0 Å². The third-order valence-corrected chi connectivity index (χ3v) is 4.62. The lowest BCUT2D eigenvalue weighted by molar-refractivity contribution is 0.0697. The Morgan fingerprint density at radius 1 is 1.50 bits per heavy atom. The third kappa shape index (κ3) is 3.19. The topological polar surface area (TPSA) is 49.3 Å². The molecule has 98 valence electrons. The molecule has 1 saturated carbocycles. The maximum atomic E-state index is 10.9. The molecule has 1 aromatic rings. The highest BCUT2D eigenvalue weighted by atomic mass is 32.2. The second-order valence-corrected chi connectivity index (χ2v) is 6.08. The number of carbonyl (C=O) groups is 1. The highest BCUT2D eigenvalue weighted by Crippen LogP contribution is 2.32. The summed E-state index contributed by atoms with van der Waals surface area (Å²) in [6.45, 7) is 2.19. The first-order valence-electron chi connectivity index (χ1n) is 6.42. The van der Waals surface area contributed by atoms with E-state index in [0.717, 1.165) is 11.4 Å². The van der Waals surface area contributed by atoms with Crippen LogP contribution in [0.2, 0.25) is 0 Å². The molecule has 1 aliphatic rings. The summed E-state index contributed by atoms with van der Waals surface area (Å²) in [5.41, 5.74) is 1.26. The fraction of sp³-hybridized carbons (Fsp3) is 0.500. The van der Waals surface area contributed by atoms with E-state index in [4.69, 9.17) is 5.11 Å². The van der Waals surface area contributed by atoms with Crippen LogP contribution in [0.1, 0.15) is 36.5 Å². The Morgan fingerprint density at radius 2 is 2.33 bits per heavy atom. The summed E-state index contributed by atoms with van der Waals surface area (Å²) in [6.07, 6.45) is 3.69. The van der Waals surface area contributed by atoms with Crippen molar-refractivity contribution < 1.29 is 9.90 Å². The van der Waals surface area contributed by atoms with E-state index in [0.29, 0.717) is 16.9 Å². The van der Waals surface area contributed by atoms with Crippen molar-refractivity contribution in [3.05, 3.63) is 29.8 Å². The van der Waals surface area contributed by atoms with Crippen molar-refractivity contribution in [2.45, 2.75) is 37.5 Å². The van der Waals surface area contributed by atoms with Crippen molar-refractivity contribution in [3.63, 3.8) is 0 Å². The van der Waals surface area contributed by atoms with Crippen molar-refractivity contribution in [3.8, 4) is 0 Å². The first-order valence-corrected chi connectivity index (χ1v) is 7.47. The van der Waals surface area contributed by atoms with Crippen LogP contribution in [0.25, 0.3) is 0 Å². The minimum absolute atomic E-state index is 0.345. The van der Waals surface area contributed by atoms with E-state index in [2.05, 4.69) is 12.2 Å². The molecular weight excluding hydrogens is 246 g/mol. The van der Waals surface area contributed by atoms with Gasteiger partial charge in [-0.25, -0.2) is 4.79 Å². The zero-order valence-electron chi connectivity index (χ0n) is 10.6. The fourth-order valence-electron chi connectivity index (χ4n) is 2.46. The van der Waals surface area contributed by atoms with Gasteiger partial charge in [-0.2, -0.15) is 11.8 Å². The molecule has 0 saturated heterocycles. The lowest BCUT2D eigenvalue weighted by atomic mass is 10.1. The van der Waals surface area contributed by atoms with Crippen LogP contribution in [-0.2, 0) is 0 Å². The van der Waals surface area contributed by atoms with Crippen LogP contribution in [0, 0.1) is 0 Å². The second-order valence-electron chi connectivity index (χ2n) is 4.56. The van der Waals surface area contributed by atoms with Crippen molar-refractivity contribution in [2.75, 3.05) is 11.1 Å². The Labute approximate surface area is 112 Å². The first kappa shape index (κ1) is 13.3. The average Bonchev–Trinajstić information content (AvgIpc) is 2.77. The van der Waals surface area contributed by atoms with Crippen LogP contribution in [0.15, 0.2) is 24.3 Å². The normalized spacial score (nSPS) is 22.9. The molecule has 2 N–H and O–H groups in total. The van der Waals surface area contributed by atoms with Gasteiger partial charge >= 0.3 is 5.97 Å². The van der Waals surface area contributed by atoms with Crippen molar-refractivity contribution >= 4 is 23.4 Å². The number of carboxylic acid groups (broad SMARTS) is 1. The Bertz CT molecular complexity index is 422. The zero-order chi connectivity index (χ0) is 13.0. The molecule has 0 radical (unpaired) electrons. The summed E-state index contributed by atoms with van der Waals surface area (Å²) >= 11 is 2.00. The minimum Gasteiger partial charge on any atom is -0.478 e. The number of rotatable bonds is 5. The summed E-state index contributed by atoms with van der Waals surface area (Å²) in [7, 11) is 0. The predicted octanol–water partition coefficient (Wildman–Crippen LogP) is 3.47. The van der Waals surface area contributed by atoms with Crippen LogP contribution >= 0.6 is 11.8 Å². The highest BCUT2D eigenvalue weighted by molar-refractivity contribution is 7.99. The van der Waals surface area contributed by atoms with Crippen LogP contribution in [0.5, 0.6) is 0 Å². The molecule has 18 heavy (non-hydrogen) atoms. The number of thioether (sulfide) groups is 1. The van der Waals surface area contributed by atoms with Gasteiger partial charge in [-0.15, -0.1) is 0 Å². The second kappa shape index (κ2) is 6.14. The van der Waals surface area contributed by atoms with E-state index in [1.165, 1.54) is 19.3 Å². The monoisotopic (exact) mass is 265 g/mol. The van der Waals surface area contributed by atoms with Gasteiger partial charge in [0.1, 0.15) is 0 Å². The van der Waals surface area contributed by atoms with Crippen LogP contribution in [0.4, 0.5) is 5.69 Å².